The summed E-state index contributed by atoms with van der Waals surface area (Å²) in [7, 11) is 1.33. The molecule has 0 aliphatic carbocycles. The predicted octanol–water partition coefficient (Wildman–Crippen LogP) is 4.96. The first-order valence-electron chi connectivity index (χ1n) is 13.9. The average molecular weight is 581 g/mol. The molecule has 2 amide bonds. The van der Waals surface area contributed by atoms with Gasteiger partial charge in [-0.15, -0.1) is 0 Å². The van der Waals surface area contributed by atoms with Crippen molar-refractivity contribution in [2.75, 3.05) is 24.0 Å². The van der Waals surface area contributed by atoms with Crippen LogP contribution in [0, 0.1) is 18.8 Å². The van der Waals surface area contributed by atoms with E-state index < -0.39 is 35.3 Å². The summed E-state index contributed by atoms with van der Waals surface area (Å²) < 4.78 is 7.13. The fraction of sp³-hybridized carbons (Fsp3) is 0.273. The molecule has 6 rings (SSSR count). The number of nitrogens with one attached hydrogen (secondary N) is 1. The molecular weight excluding hydrogens is 548 g/mol. The van der Waals surface area contributed by atoms with Crippen LogP contribution in [0.25, 0.3) is 16.9 Å². The van der Waals surface area contributed by atoms with Gasteiger partial charge in [-0.25, -0.2) is 9.58 Å². The van der Waals surface area contributed by atoms with Crippen molar-refractivity contribution in [2.45, 2.75) is 24.9 Å². The molecule has 214 valence electrons. The van der Waals surface area contributed by atoms with Crippen LogP contribution in [-0.2, 0) is 19.1 Å². The Hall–Kier alpha value is -4.21. The van der Waals surface area contributed by atoms with Gasteiger partial charge in [-0.3, -0.25) is 19.7 Å². The number of aromatic nitrogens is 2. The molecule has 2 saturated heterocycles. The second-order valence-electron chi connectivity index (χ2n) is 10.8. The number of methoxy groups -OCH3 is 1. The normalized spacial score (nSPS) is 23.3. The lowest BCUT2D eigenvalue weighted by Gasteiger charge is -2.32. The number of carbonyl (C=O) groups excluding carboxylic acids is 3. The van der Waals surface area contributed by atoms with Gasteiger partial charge in [-0.05, 0) is 49.6 Å². The number of hydrogen-bond donors (Lipinski definition) is 1. The third-order valence-electron chi connectivity index (χ3n) is 8.34. The highest BCUT2D eigenvalue weighted by Crippen LogP contribution is 2.52. The molecule has 0 spiro atoms. The van der Waals surface area contributed by atoms with Crippen molar-refractivity contribution in [2.24, 2.45) is 11.8 Å². The SMILES string of the molecule is COC(=O)[C@]1(CCSC)N[C@H](c2cn(-c3ccccc3)nc2-c2ccccc2)[C@@H]2C(=O)N(c3ccc(C)cc3)C(=O)[C@@H]21. The quantitative estimate of drug-likeness (QED) is 0.233. The van der Waals surface area contributed by atoms with E-state index in [9.17, 15) is 14.4 Å². The Balaban J connectivity index is 1.55. The van der Waals surface area contributed by atoms with Crippen molar-refractivity contribution in [3.63, 3.8) is 0 Å². The molecule has 1 N–H and O–H groups in total. The smallest absolute Gasteiger partial charge is 0.326 e. The molecule has 4 atom stereocenters. The molecule has 0 bridgehead atoms. The minimum absolute atomic E-state index is 0.326. The number of carbonyl (C=O) groups is 3. The second-order valence-corrected chi connectivity index (χ2v) is 11.7. The van der Waals surface area contributed by atoms with Crippen LogP contribution in [0.5, 0.6) is 0 Å². The van der Waals surface area contributed by atoms with Gasteiger partial charge in [-0.1, -0.05) is 66.2 Å². The number of thioether (sulfide) groups is 1. The summed E-state index contributed by atoms with van der Waals surface area (Å²) in [6.07, 6.45) is 4.18. The van der Waals surface area contributed by atoms with Crippen LogP contribution in [0.1, 0.15) is 23.6 Å². The van der Waals surface area contributed by atoms with E-state index >= 15 is 0 Å². The highest BCUT2D eigenvalue weighted by Gasteiger charge is 2.69. The molecule has 4 aromatic rings. The zero-order valence-corrected chi connectivity index (χ0v) is 24.5. The molecule has 0 saturated carbocycles. The summed E-state index contributed by atoms with van der Waals surface area (Å²) in [5.41, 5.74) is 3.26. The highest BCUT2D eigenvalue weighted by molar-refractivity contribution is 7.98. The van der Waals surface area contributed by atoms with E-state index in [4.69, 9.17) is 9.84 Å². The van der Waals surface area contributed by atoms with E-state index in [1.165, 1.54) is 12.0 Å². The molecule has 0 unspecified atom stereocenters. The fourth-order valence-corrected chi connectivity index (χ4v) is 6.86. The van der Waals surface area contributed by atoms with Crippen LogP contribution in [0.4, 0.5) is 5.69 Å². The Morgan fingerprint density at radius 3 is 2.26 bits per heavy atom. The van der Waals surface area contributed by atoms with Crippen molar-refractivity contribution < 1.29 is 19.1 Å². The van der Waals surface area contributed by atoms with Crippen LogP contribution in [0.2, 0.25) is 0 Å². The molecule has 0 radical (unpaired) electrons. The molecule has 8 nitrogen and oxygen atoms in total. The number of hydrogen-bond acceptors (Lipinski definition) is 7. The number of benzene rings is 3. The number of nitrogens with zero attached hydrogens (tertiary/aromatic N) is 3. The number of imide groups is 1. The van der Waals surface area contributed by atoms with Gasteiger partial charge in [0, 0.05) is 23.4 Å². The number of amides is 2. The number of para-hydroxylation sites is 1. The summed E-state index contributed by atoms with van der Waals surface area (Å²) in [4.78, 5) is 43.6. The van der Waals surface area contributed by atoms with Crippen LogP contribution in [0.15, 0.2) is 91.1 Å². The third kappa shape index (κ3) is 4.53. The molecule has 9 heteroatoms. The summed E-state index contributed by atoms with van der Waals surface area (Å²) in [5.74, 6) is -2.47. The Morgan fingerprint density at radius 2 is 1.62 bits per heavy atom. The van der Waals surface area contributed by atoms with Crippen molar-refractivity contribution >= 4 is 35.2 Å². The standard InChI is InChI=1S/C33H32N4O4S/c1-21-14-16-24(17-15-21)37-30(38)26-27(31(37)39)33(18-19-42-3,32(40)41-2)34-29(26)25-20-36(23-12-8-5-9-13-23)35-28(25)22-10-6-4-7-11-22/h4-17,20,26-27,29,34H,18-19H2,1-3H3/t26-,27-,29-,33-/m1/s1. The monoisotopic (exact) mass is 580 g/mol. The maximum Gasteiger partial charge on any atom is 0.326 e. The van der Waals surface area contributed by atoms with Crippen LogP contribution in [0.3, 0.4) is 0 Å². The van der Waals surface area contributed by atoms with Crippen LogP contribution < -0.4 is 10.2 Å². The summed E-state index contributed by atoms with van der Waals surface area (Å²) in [6, 6.07) is 26.1. The highest BCUT2D eigenvalue weighted by atomic mass is 32.2. The maximum absolute atomic E-state index is 14.3. The first-order valence-corrected chi connectivity index (χ1v) is 15.3. The Morgan fingerprint density at radius 1 is 0.952 bits per heavy atom. The van der Waals surface area contributed by atoms with Gasteiger partial charge in [0.05, 0.1) is 36.0 Å². The van der Waals surface area contributed by atoms with Gasteiger partial charge in [-0.2, -0.15) is 16.9 Å². The lowest BCUT2D eigenvalue weighted by atomic mass is 9.77. The molecule has 42 heavy (non-hydrogen) atoms. The van der Waals surface area contributed by atoms with Crippen molar-refractivity contribution in [3.05, 3.63) is 102 Å². The summed E-state index contributed by atoms with van der Waals surface area (Å²) in [5, 5.41) is 8.48. The van der Waals surface area contributed by atoms with Gasteiger partial charge in [0.1, 0.15) is 5.54 Å². The Kier molecular flexibility index (Phi) is 7.47. The number of aryl methyl sites for hydroxylation is 1. The van der Waals surface area contributed by atoms with Crippen molar-refractivity contribution in [3.8, 4) is 16.9 Å². The third-order valence-corrected chi connectivity index (χ3v) is 8.95. The average Bonchev–Trinajstić information content (AvgIpc) is 3.69. The minimum Gasteiger partial charge on any atom is -0.468 e. The van der Waals surface area contributed by atoms with Gasteiger partial charge in [0.25, 0.3) is 0 Å². The molecular formula is C33H32N4O4S. The number of esters is 1. The first-order chi connectivity index (χ1) is 20.4. The topological polar surface area (TPSA) is 93.5 Å². The molecule has 2 aliphatic rings. The van der Waals surface area contributed by atoms with E-state index in [-0.39, 0.29) is 5.91 Å². The molecule has 1 aromatic heterocycles. The van der Waals surface area contributed by atoms with E-state index in [0.29, 0.717) is 23.6 Å². The zero-order valence-electron chi connectivity index (χ0n) is 23.7. The van der Waals surface area contributed by atoms with Crippen LogP contribution in [-0.4, -0.2) is 52.2 Å². The lowest BCUT2D eigenvalue weighted by Crippen LogP contribution is -2.56. The van der Waals surface area contributed by atoms with E-state index in [1.807, 2.05) is 92.2 Å². The largest absolute Gasteiger partial charge is 0.468 e. The zero-order chi connectivity index (χ0) is 29.4. The molecule has 2 fully saturated rings. The van der Waals surface area contributed by atoms with E-state index in [0.717, 1.165) is 22.4 Å². The number of ether oxygens (including phenoxy) is 1. The molecule has 2 aliphatic heterocycles. The maximum atomic E-state index is 14.3. The number of fused-ring (bicyclic) bond motifs is 1. The van der Waals surface area contributed by atoms with E-state index in [1.54, 1.807) is 28.6 Å². The predicted molar refractivity (Wildman–Crippen MR) is 163 cm³/mol. The van der Waals surface area contributed by atoms with Crippen molar-refractivity contribution in [1.82, 2.24) is 15.1 Å². The van der Waals surface area contributed by atoms with Crippen molar-refractivity contribution in [1.29, 1.82) is 0 Å². The van der Waals surface area contributed by atoms with Gasteiger partial charge < -0.3 is 4.74 Å². The Labute approximate surface area is 249 Å². The van der Waals surface area contributed by atoms with Crippen LogP contribution >= 0.6 is 11.8 Å². The summed E-state index contributed by atoms with van der Waals surface area (Å²) >= 11 is 1.57. The number of anilines is 1. The first kappa shape index (κ1) is 27.9. The Bertz CT molecular complexity index is 1620. The molecule has 3 aromatic carbocycles. The van der Waals surface area contributed by atoms with Gasteiger partial charge in [0.15, 0.2) is 0 Å². The minimum atomic E-state index is -1.39. The van der Waals surface area contributed by atoms with Gasteiger partial charge in [0.2, 0.25) is 11.8 Å². The summed E-state index contributed by atoms with van der Waals surface area (Å²) in [6.45, 7) is 1.95. The van der Waals surface area contributed by atoms with E-state index in [2.05, 4.69) is 5.32 Å². The van der Waals surface area contributed by atoms with Gasteiger partial charge >= 0.3 is 5.97 Å². The second kappa shape index (κ2) is 11.2. The number of rotatable bonds is 8. The molecule has 3 heterocycles. The fourth-order valence-electron chi connectivity index (χ4n) is 6.33. The lowest BCUT2D eigenvalue weighted by molar-refractivity contribution is -0.152.